The maximum absolute atomic E-state index is 12.6. The van der Waals surface area contributed by atoms with E-state index in [9.17, 15) is 8.78 Å². The van der Waals surface area contributed by atoms with Gasteiger partial charge in [0, 0.05) is 12.5 Å². The van der Waals surface area contributed by atoms with Gasteiger partial charge in [-0.15, -0.1) is 0 Å². The molecule has 1 aliphatic heterocycles. The standard InChI is InChI=1S/C7H13F2N/c1-3-10-5-7(8,9)4-6(10)2/h6H,3-5H2,1-2H3/t6-/m1/s1. The summed E-state index contributed by atoms with van der Waals surface area (Å²) in [5.74, 6) is -2.44. The summed E-state index contributed by atoms with van der Waals surface area (Å²) in [6.07, 6.45) is 0.0286. The Morgan fingerprint density at radius 2 is 2.20 bits per heavy atom. The lowest BCUT2D eigenvalue weighted by atomic mass is 10.2. The topological polar surface area (TPSA) is 3.24 Å². The summed E-state index contributed by atoms with van der Waals surface area (Å²) in [6, 6.07) is 0.0556. The minimum atomic E-state index is -2.44. The van der Waals surface area contributed by atoms with Crippen LogP contribution < -0.4 is 0 Å². The Balaban J connectivity index is 2.52. The van der Waals surface area contributed by atoms with Crippen LogP contribution in [0, 0.1) is 0 Å². The first-order valence-corrected chi connectivity index (χ1v) is 3.67. The zero-order valence-corrected chi connectivity index (χ0v) is 6.40. The first-order chi connectivity index (χ1) is 4.55. The molecule has 0 N–H and O–H groups in total. The van der Waals surface area contributed by atoms with Gasteiger partial charge in [0.05, 0.1) is 6.54 Å². The van der Waals surface area contributed by atoms with Gasteiger partial charge in [0.1, 0.15) is 0 Å². The summed E-state index contributed by atoms with van der Waals surface area (Å²) in [4.78, 5) is 1.81. The number of hydrogen-bond donors (Lipinski definition) is 0. The Morgan fingerprint density at radius 3 is 2.40 bits per heavy atom. The Bertz CT molecular complexity index is 125. The summed E-state index contributed by atoms with van der Waals surface area (Å²) < 4.78 is 25.2. The zero-order chi connectivity index (χ0) is 7.78. The molecule has 1 atom stereocenters. The molecule has 0 aliphatic carbocycles. The van der Waals surface area contributed by atoms with E-state index in [4.69, 9.17) is 0 Å². The smallest absolute Gasteiger partial charge is 0.262 e. The summed E-state index contributed by atoms with van der Waals surface area (Å²) in [7, 11) is 0. The number of hydrogen-bond acceptors (Lipinski definition) is 1. The van der Waals surface area contributed by atoms with Crippen LogP contribution in [0.25, 0.3) is 0 Å². The molecule has 0 amide bonds. The predicted molar refractivity (Wildman–Crippen MR) is 36.3 cm³/mol. The van der Waals surface area contributed by atoms with Gasteiger partial charge in [-0.3, -0.25) is 4.90 Å². The maximum Gasteiger partial charge on any atom is 0.262 e. The summed E-state index contributed by atoms with van der Waals surface area (Å²) in [6.45, 7) is 4.45. The number of likely N-dealkylation sites (tertiary alicyclic amines) is 1. The minimum absolute atomic E-state index is 0.0286. The van der Waals surface area contributed by atoms with E-state index in [0.29, 0.717) is 0 Å². The molecule has 0 radical (unpaired) electrons. The molecule has 10 heavy (non-hydrogen) atoms. The van der Waals surface area contributed by atoms with Crippen molar-refractivity contribution >= 4 is 0 Å². The fourth-order valence-electron chi connectivity index (χ4n) is 1.50. The molecular weight excluding hydrogens is 136 g/mol. The Kier molecular flexibility index (Phi) is 1.95. The first-order valence-electron chi connectivity index (χ1n) is 3.67. The molecule has 0 saturated carbocycles. The van der Waals surface area contributed by atoms with Gasteiger partial charge >= 0.3 is 0 Å². The van der Waals surface area contributed by atoms with Gasteiger partial charge in [-0.25, -0.2) is 8.78 Å². The molecule has 1 heterocycles. The van der Waals surface area contributed by atoms with Crippen LogP contribution in [0.3, 0.4) is 0 Å². The third-order valence-electron chi connectivity index (χ3n) is 2.06. The SMILES string of the molecule is CCN1CC(F)(F)C[C@H]1C. The van der Waals surface area contributed by atoms with E-state index in [2.05, 4.69) is 0 Å². The van der Waals surface area contributed by atoms with Crippen LogP contribution in [0.2, 0.25) is 0 Å². The van der Waals surface area contributed by atoms with E-state index in [1.807, 2.05) is 13.8 Å². The molecule has 1 rings (SSSR count). The number of rotatable bonds is 1. The van der Waals surface area contributed by atoms with Crippen LogP contribution in [0.15, 0.2) is 0 Å². The second-order valence-corrected chi connectivity index (χ2v) is 2.97. The van der Waals surface area contributed by atoms with Gasteiger partial charge in [0.25, 0.3) is 5.92 Å². The van der Waals surface area contributed by atoms with Gasteiger partial charge in [-0.1, -0.05) is 6.92 Å². The predicted octanol–water partition coefficient (Wildman–Crippen LogP) is 1.74. The average Bonchev–Trinajstić information content (AvgIpc) is 2.05. The van der Waals surface area contributed by atoms with E-state index >= 15 is 0 Å². The highest BCUT2D eigenvalue weighted by Gasteiger charge is 2.41. The molecule has 0 aromatic carbocycles. The highest BCUT2D eigenvalue weighted by molar-refractivity contribution is 4.86. The quantitative estimate of drug-likeness (QED) is 0.549. The van der Waals surface area contributed by atoms with Gasteiger partial charge < -0.3 is 0 Å². The lowest BCUT2D eigenvalue weighted by Gasteiger charge is -2.16. The van der Waals surface area contributed by atoms with E-state index in [-0.39, 0.29) is 19.0 Å². The lowest BCUT2D eigenvalue weighted by molar-refractivity contribution is 0.0125. The number of nitrogens with zero attached hydrogens (tertiary/aromatic N) is 1. The van der Waals surface area contributed by atoms with Crippen molar-refractivity contribution in [1.82, 2.24) is 4.90 Å². The van der Waals surface area contributed by atoms with Crippen LogP contribution in [-0.4, -0.2) is 30.0 Å². The fraction of sp³-hybridized carbons (Fsp3) is 1.00. The molecule has 3 heteroatoms. The summed E-state index contributed by atoms with van der Waals surface area (Å²) in [5.41, 5.74) is 0. The van der Waals surface area contributed by atoms with Gasteiger partial charge in [0.2, 0.25) is 0 Å². The number of halogens is 2. The molecule has 0 spiro atoms. The van der Waals surface area contributed by atoms with Crippen molar-refractivity contribution in [3.8, 4) is 0 Å². The Morgan fingerprint density at radius 1 is 1.60 bits per heavy atom. The summed E-state index contributed by atoms with van der Waals surface area (Å²) in [5, 5.41) is 0. The van der Waals surface area contributed by atoms with E-state index in [1.165, 1.54) is 0 Å². The van der Waals surface area contributed by atoms with Crippen LogP contribution in [-0.2, 0) is 0 Å². The van der Waals surface area contributed by atoms with Gasteiger partial charge in [0.15, 0.2) is 0 Å². The third-order valence-corrected chi connectivity index (χ3v) is 2.06. The van der Waals surface area contributed by atoms with Crippen molar-refractivity contribution in [2.24, 2.45) is 0 Å². The van der Waals surface area contributed by atoms with Crippen LogP contribution in [0.1, 0.15) is 20.3 Å². The molecule has 1 saturated heterocycles. The largest absolute Gasteiger partial charge is 0.295 e. The molecule has 60 valence electrons. The Labute approximate surface area is 60.0 Å². The number of alkyl halides is 2. The third kappa shape index (κ3) is 1.45. The van der Waals surface area contributed by atoms with E-state index < -0.39 is 5.92 Å². The Hall–Kier alpha value is -0.180. The molecule has 0 aromatic heterocycles. The molecular formula is C7H13F2N. The minimum Gasteiger partial charge on any atom is -0.295 e. The first kappa shape index (κ1) is 7.92. The van der Waals surface area contributed by atoms with Crippen molar-refractivity contribution in [1.29, 1.82) is 0 Å². The van der Waals surface area contributed by atoms with Gasteiger partial charge in [-0.05, 0) is 13.5 Å². The van der Waals surface area contributed by atoms with E-state index in [0.717, 1.165) is 6.54 Å². The van der Waals surface area contributed by atoms with Crippen LogP contribution >= 0.6 is 0 Å². The monoisotopic (exact) mass is 149 g/mol. The molecule has 0 unspecified atom stereocenters. The van der Waals surface area contributed by atoms with Gasteiger partial charge in [-0.2, -0.15) is 0 Å². The lowest BCUT2D eigenvalue weighted by Crippen LogP contribution is -2.28. The molecule has 0 aromatic rings. The van der Waals surface area contributed by atoms with Crippen molar-refractivity contribution < 1.29 is 8.78 Å². The molecule has 1 aliphatic rings. The van der Waals surface area contributed by atoms with Crippen LogP contribution in [0.5, 0.6) is 0 Å². The van der Waals surface area contributed by atoms with Crippen molar-refractivity contribution in [3.05, 3.63) is 0 Å². The maximum atomic E-state index is 12.6. The summed E-state index contributed by atoms with van der Waals surface area (Å²) >= 11 is 0. The zero-order valence-electron chi connectivity index (χ0n) is 6.40. The van der Waals surface area contributed by atoms with Crippen molar-refractivity contribution in [2.45, 2.75) is 32.2 Å². The normalized spacial score (nSPS) is 33.0. The molecule has 1 fully saturated rings. The fourth-order valence-corrected chi connectivity index (χ4v) is 1.50. The molecule has 0 bridgehead atoms. The second kappa shape index (κ2) is 2.46. The second-order valence-electron chi connectivity index (χ2n) is 2.97. The average molecular weight is 149 g/mol. The van der Waals surface area contributed by atoms with Crippen LogP contribution in [0.4, 0.5) is 8.78 Å². The highest BCUT2D eigenvalue weighted by atomic mass is 19.3. The van der Waals surface area contributed by atoms with E-state index in [1.54, 1.807) is 4.90 Å². The van der Waals surface area contributed by atoms with Crippen molar-refractivity contribution in [2.75, 3.05) is 13.1 Å². The highest BCUT2D eigenvalue weighted by Crippen LogP contribution is 2.30. The van der Waals surface area contributed by atoms with Crippen molar-refractivity contribution in [3.63, 3.8) is 0 Å². The molecule has 1 nitrogen and oxygen atoms in total.